The van der Waals surface area contributed by atoms with E-state index in [1.165, 1.54) is 12.7 Å². The third kappa shape index (κ3) is 2.67. The van der Waals surface area contributed by atoms with Crippen molar-refractivity contribution in [3.63, 3.8) is 0 Å². The van der Waals surface area contributed by atoms with Crippen LogP contribution in [0.1, 0.15) is 24.3 Å². The Hall–Kier alpha value is -1.35. The molecule has 0 bridgehead atoms. The fourth-order valence-electron chi connectivity index (χ4n) is 2.52. The molecule has 1 aromatic rings. The zero-order chi connectivity index (χ0) is 12.3. The molecule has 92 valence electrons. The van der Waals surface area contributed by atoms with E-state index in [1.807, 2.05) is 13.1 Å². The van der Waals surface area contributed by atoms with Gasteiger partial charge in [-0.05, 0) is 37.9 Å². The smallest absolute Gasteiger partial charge is 0.323 e. The maximum atomic E-state index is 11.7. The van der Waals surface area contributed by atoms with Crippen molar-refractivity contribution in [2.24, 2.45) is 0 Å². The number of nitrogens with zero attached hydrogens (tertiary/aromatic N) is 1. The van der Waals surface area contributed by atoms with Gasteiger partial charge in [0, 0.05) is 0 Å². The lowest BCUT2D eigenvalue weighted by molar-refractivity contribution is -0.147. The average molecular weight is 233 g/mol. The van der Waals surface area contributed by atoms with Gasteiger partial charge in [-0.3, -0.25) is 9.69 Å². The van der Waals surface area contributed by atoms with Crippen molar-refractivity contribution in [2.75, 3.05) is 20.7 Å². The van der Waals surface area contributed by atoms with Crippen LogP contribution < -0.4 is 0 Å². The monoisotopic (exact) mass is 233 g/mol. The number of carbonyl (C=O) groups is 1. The first-order chi connectivity index (χ1) is 8.22. The van der Waals surface area contributed by atoms with Crippen LogP contribution in [-0.2, 0) is 9.53 Å². The lowest BCUT2D eigenvalue weighted by Crippen LogP contribution is -2.44. The molecule has 2 atom stereocenters. The summed E-state index contributed by atoms with van der Waals surface area (Å²) in [5, 5.41) is 0. The summed E-state index contributed by atoms with van der Waals surface area (Å²) in [7, 11) is 3.45. The molecule has 1 aliphatic heterocycles. The van der Waals surface area contributed by atoms with Crippen LogP contribution in [0.25, 0.3) is 0 Å². The summed E-state index contributed by atoms with van der Waals surface area (Å²) in [5.74, 6) is 0.352. The SMILES string of the molecule is COC(=O)C1CC(c2ccccc2)CCN1C. The van der Waals surface area contributed by atoms with Gasteiger partial charge in [0.1, 0.15) is 6.04 Å². The third-order valence-corrected chi connectivity index (χ3v) is 3.61. The van der Waals surface area contributed by atoms with Crippen molar-refractivity contribution in [1.29, 1.82) is 0 Å². The maximum Gasteiger partial charge on any atom is 0.323 e. The van der Waals surface area contributed by atoms with E-state index >= 15 is 0 Å². The highest BCUT2D eigenvalue weighted by molar-refractivity contribution is 5.75. The summed E-state index contributed by atoms with van der Waals surface area (Å²) >= 11 is 0. The van der Waals surface area contributed by atoms with Crippen molar-refractivity contribution in [3.05, 3.63) is 35.9 Å². The lowest BCUT2D eigenvalue weighted by atomic mass is 9.85. The van der Waals surface area contributed by atoms with Crippen LogP contribution in [0.2, 0.25) is 0 Å². The zero-order valence-electron chi connectivity index (χ0n) is 10.4. The van der Waals surface area contributed by atoms with Gasteiger partial charge in [0.2, 0.25) is 0 Å². The van der Waals surface area contributed by atoms with Gasteiger partial charge in [-0.25, -0.2) is 0 Å². The third-order valence-electron chi connectivity index (χ3n) is 3.61. The maximum absolute atomic E-state index is 11.7. The fraction of sp³-hybridized carbons (Fsp3) is 0.500. The van der Waals surface area contributed by atoms with Gasteiger partial charge < -0.3 is 4.74 Å². The van der Waals surface area contributed by atoms with Gasteiger partial charge in [0.25, 0.3) is 0 Å². The summed E-state index contributed by atoms with van der Waals surface area (Å²) < 4.78 is 4.86. The Balaban J connectivity index is 2.10. The number of likely N-dealkylation sites (tertiary alicyclic amines) is 1. The molecule has 1 fully saturated rings. The second-order valence-corrected chi connectivity index (χ2v) is 4.65. The Labute approximate surface area is 102 Å². The Bertz CT molecular complexity index is 377. The molecule has 0 radical (unpaired) electrons. The Morgan fingerprint density at radius 3 is 2.71 bits per heavy atom. The quantitative estimate of drug-likeness (QED) is 0.732. The highest BCUT2D eigenvalue weighted by Crippen LogP contribution is 2.31. The number of esters is 1. The molecule has 0 amide bonds. The van der Waals surface area contributed by atoms with E-state index in [4.69, 9.17) is 4.74 Å². The number of benzene rings is 1. The summed E-state index contributed by atoms with van der Waals surface area (Å²) in [6.45, 7) is 0.944. The van der Waals surface area contributed by atoms with E-state index in [-0.39, 0.29) is 12.0 Å². The van der Waals surface area contributed by atoms with Crippen LogP contribution in [-0.4, -0.2) is 37.6 Å². The second-order valence-electron chi connectivity index (χ2n) is 4.65. The minimum Gasteiger partial charge on any atom is -0.468 e. The fourth-order valence-corrected chi connectivity index (χ4v) is 2.52. The van der Waals surface area contributed by atoms with Crippen LogP contribution in [0.3, 0.4) is 0 Å². The largest absolute Gasteiger partial charge is 0.468 e. The predicted molar refractivity (Wildman–Crippen MR) is 66.9 cm³/mol. The minimum absolute atomic E-state index is 0.0982. The van der Waals surface area contributed by atoms with Crippen LogP contribution >= 0.6 is 0 Å². The molecule has 2 unspecified atom stereocenters. The first kappa shape index (κ1) is 12.1. The highest BCUT2D eigenvalue weighted by atomic mass is 16.5. The second kappa shape index (κ2) is 5.32. The van der Waals surface area contributed by atoms with Crippen molar-refractivity contribution >= 4 is 5.97 Å². The predicted octanol–water partition coefficient (Wildman–Crippen LogP) is 2.04. The summed E-state index contributed by atoms with van der Waals surface area (Å²) in [5.41, 5.74) is 1.33. The van der Waals surface area contributed by atoms with Gasteiger partial charge in [-0.1, -0.05) is 30.3 Å². The average Bonchev–Trinajstić information content (AvgIpc) is 2.39. The summed E-state index contributed by atoms with van der Waals surface area (Å²) in [4.78, 5) is 13.8. The molecule has 1 aliphatic rings. The molecule has 1 heterocycles. The van der Waals surface area contributed by atoms with E-state index in [0.717, 1.165) is 19.4 Å². The van der Waals surface area contributed by atoms with Gasteiger partial charge in [0.15, 0.2) is 0 Å². The molecule has 0 saturated carbocycles. The molecule has 0 spiro atoms. The van der Waals surface area contributed by atoms with Crippen LogP contribution in [0.5, 0.6) is 0 Å². The lowest BCUT2D eigenvalue weighted by Gasteiger charge is -2.35. The Morgan fingerprint density at radius 1 is 1.35 bits per heavy atom. The molecule has 0 N–H and O–H groups in total. The van der Waals surface area contributed by atoms with E-state index in [2.05, 4.69) is 29.2 Å². The normalized spacial score (nSPS) is 25.5. The number of methoxy groups -OCH3 is 1. The number of hydrogen-bond acceptors (Lipinski definition) is 3. The van der Waals surface area contributed by atoms with Crippen LogP contribution in [0, 0.1) is 0 Å². The van der Waals surface area contributed by atoms with Crippen molar-refractivity contribution in [1.82, 2.24) is 4.90 Å². The number of carbonyl (C=O) groups excluding carboxylic acids is 1. The number of likely N-dealkylation sites (N-methyl/N-ethyl adjacent to an activating group) is 1. The van der Waals surface area contributed by atoms with E-state index < -0.39 is 0 Å². The molecule has 0 aromatic heterocycles. The molecular formula is C14H19NO2. The van der Waals surface area contributed by atoms with E-state index in [1.54, 1.807) is 0 Å². The standard InChI is InChI=1S/C14H19NO2/c1-15-9-8-12(10-13(15)14(16)17-2)11-6-4-3-5-7-11/h3-7,12-13H,8-10H2,1-2H3. The molecule has 2 rings (SSSR count). The summed E-state index contributed by atoms with van der Waals surface area (Å²) in [6.07, 6.45) is 1.96. The Morgan fingerprint density at radius 2 is 2.06 bits per heavy atom. The van der Waals surface area contributed by atoms with E-state index in [0.29, 0.717) is 5.92 Å². The van der Waals surface area contributed by atoms with Gasteiger partial charge in [0.05, 0.1) is 7.11 Å². The zero-order valence-corrected chi connectivity index (χ0v) is 10.4. The number of piperidine rings is 1. The number of ether oxygens (including phenoxy) is 1. The summed E-state index contributed by atoms with van der Waals surface area (Å²) in [6, 6.07) is 10.3. The van der Waals surface area contributed by atoms with Gasteiger partial charge in [-0.15, -0.1) is 0 Å². The first-order valence-corrected chi connectivity index (χ1v) is 6.05. The van der Waals surface area contributed by atoms with Gasteiger partial charge in [-0.2, -0.15) is 0 Å². The van der Waals surface area contributed by atoms with Crippen LogP contribution in [0.15, 0.2) is 30.3 Å². The highest BCUT2D eigenvalue weighted by Gasteiger charge is 2.32. The molecule has 17 heavy (non-hydrogen) atoms. The molecule has 3 nitrogen and oxygen atoms in total. The Kier molecular flexibility index (Phi) is 3.79. The first-order valence-electron chi connectivity index (χ1n) is 6.05. The van der Waals surface area contributed by atoms with Crippen molar-refractivity contribution < 1.29 is 9.53 Å². The minimum atomic E-state index is -0.117. The molecule has 1 saturated heterocycles. The van der Waals surface area contributed by atoms with E-state index in [9.17, 15) is 4.79 Å². The van der Waals surface area contributed by atoms with Crippen molar-refractivity contribution in [2.45, 2.75) is 24.8 Å². The van der Waals surface area contributed by atoms with Crippen LogP contribution in [0.4, 0.5) is 0 Å². The molecular weight excluding hydrogens is 214 g/mol. The number of hydrogen-bond donors (Lipinski definition) is 0. The topological polar surface area (TPSA) is 29.5 Å². The molecule has 1 aromatic carbocycles. The van der Waals surface area contributed by atoms with Gasteiger partial charge >= 0.3 is 5.97 Å². The molecule has 0 aliphatic carbocycles. The molecule has 3 heteroatoms. The van der Waals surface area contributed by atoms with Crippen molar-refractivity contribution in [3.8, 4) is 0 Å². The number of rotatable bonds is 2.